The Labute approximate surface area is 87.0 Å². The Kier molecular flexibility index (Phi) is 4.71. The van der Waals surface area contributed by atoms with Crippen LogP contribution in [-0.4, -0.2) is 16.8 Å². The van der Waals surface area contributed by atoms with E-state index in [0.29, 0.717) is 12.5 Å². The molecule has 0 aromatic carbocycles. The van der Waals surface area contributed by atoms with Crippen LogP contribution in [0.2, 0.25) is 0 Å². The average molecular weight is 195 g/mol. The number of likely N-dealkylation sites (tertiary alicyclic amines) is 1. The van der Waals surface area contributed by atoms with Crippen LogP contribution in [0.15, 0.2) is 12.8 Å². The molecule has 1 rings (SSSR count). The molecule has 0 radical (unpaired) electrons. The van der Waals surface area contributed by atoms with Gasteiger partial charge in [-0.15, -0.1) is 0 Å². The molecule has 1 aliphatic rings. The first kappa shape index (κ1) is 11.3. The van der Waals surface area contributed by atoms with Crippen LogP contribution in [0.4, 0.5) is 0 Å². The van der Waals surface area contributed by atoms with Crippen molar-refractivity contribution >= 4 is 5.91 Å². The monoisotopic (exact) mass is 195 g/mol. The maximum Gasteiger partial charge on any atom is 0.226 e. The highest BCUT2D eigenvalue weighted by molar-refractivity contribution is 5.77. The summed E-state index contributed by atoms with van der Waals surface area (Å²) in [7, 11) is 0. The first-order chi connectivity index (χ1) is 6.79. The number of carbonyl (C=O) groups excluding carboxylic acids is 1. The lowest BCUT2D eigenvalue weighted by Gasteiger charge is -2.26. The minimum Gasteiger partial charge on any atom is -0.317 e. The van der Waals surface area contributed by atoms with Gasteiger partial charge in [0.1, 0.15) is 0 Å². The van der Waals surface area contributed by atoms with Gasteiger partial charge in [0.25, 0.3) is 0 Å². The zero-order chi connectivity index (χ0) is 10.4. The standard InChI is InChI=1S/C12H21NO/c1-3-5-8-11-9-6-7-10-12(14)13(11)4-2/h4,11H,2-3,5-10H2,1H3. The van der Waals surface area contributed by atoms with E-state index < -0.39 is 0 Å². The predicted octanol–water partition coefficient (Wildman–Crippen LogP) is 3.09. The lowest BCUT2D eigenvalue weighted by molar-refractivity contribution is -0.129. The fourth-order valence-corrected chi connectivity index (χ4v) is 2.10. The van der Waals surface area contributed by atoms with Crippen molar-refractivity contribution in [1.82, 2.24) is 4.90 Å². The van der Waals surface area contributed by atoms with E-state index in [9.17, 15) is 4.79 Å². The second-order valence-corrected chi connectivity index (χ2v) is 4.03. The summed E-state index contributed by atoms with van der Waals surface area (Å²) in [6.45, 7) is 5.93. The summed E-state index contributed by atoms with van der Waals surface area (Å²) in [5, 5.41) is 0. The molecule has 1 heterocycles. The molecule has 0 aromatic rings. The third-order valence-electron chi connectivity index (χ3n) is 2.95. The van der Waals surface area contributed by atoms with Crippen LogP contribution in [0.25, 0.3) is 0 Å². The van der Waals surface area contributed by atoms with Gasteiger partial charge in [-0.1, -0.05) is 32.8 Å². The number of hydrogen-bond acceptors (Lipinski definition) is 1. The summed E-state index contributed by atoms with van der Waals surface area (Å²) >= 11 is 0. The molecule has 0 bridgehead atoms. The van der Waals surface area contributed by atoms with Crippen molar-refractivity contribution in [3.05, 3.63) is 12.8 Å². The number of hydrogen-bond donors (Lipinski definition) is 0. The number of rotatable bonds is 4. The normalized spacial score (nSPS) is 23.4. The molecule has 0 spiro atoms. The molecule has 0 aromatic heterocycles. The maximum atomic E-state index is 11.7. The Morgan fingerprint density at radius 3 is 3.00 bits per heavy atom. The van der Waals surface area contributed by atoms with Gasteiger partial charge in [-0.05, 0) is 25.5 Å². The van der Waals surface area contributed by atoms with Gasteiger partial charge in [-0.25, -0.2) is 0 Å². The van der Waals surface area contributed by atoms with Crippen molar-refractivity contribution in [2.24, 2.45) is 0 Å². The zero-order valence-corrected chi connectivity index (χ0v) is 9.17. The second kappa shape index (κ2) is 5.84. The number of amides is 1. The van der Waals surface area contributed by atoms with E-state index in [0.717, 1.165) is 19.3 Å². The Morgan fingerprint density at radius 1 is 1.57 bits per heavy atom. The molecule has 2 nitrogen and oxygen atoms in total. The first-order valence-electron chi connectivity index (χ1n) is 5.73. The highest BCUT2D eigenvalue weighted by Crippen LogP contribution is 2.21. The van der Waals surface area contributed by atoms with Gasteiger partial charge >= 0.3 is 0 Å². The van der Waals surface area contributed by atoms with Crippen molar-refractivity contribution in [1.29, 1.82) is 0 Å². The summed E-state index contributed by atoms with van der Waals surface area (Å²) in [4.78, 5) is 13.5. The van der Waals surface area contributed by atoms with E-state index in [-0.39, 0.29) is 5.91 Å². The Morgan fingerprint density at radius 2 is 2.36 bits per heavy atom. The topological polar surface area (TPSA) is 20.3 Å². The van der Waals surface area contributed by atoms with Crippen LogP contribution in [0, 0.1) is 0 Å². The van der Waals surface area contributed by atoms with E-state index in [1.54, 1.807) is 6.20 Å². The van der Waals surface area contributed by atoms with E-state index in [1.165, 1.54) is 19.3 Å². The molecular formula is C12H21NO. The molecule has 1 amide bonds. The molecule has 1 saturated heterocycles. The average Bonchev–Trinajstić information content (AvgIpc) is 2.36. The quantitative estimate of drug-likeness (QED) is 0.675. The van der Waals surface area contributed by atoms with Crippen LogP contribution in [0.5, 0.6) is 0 Å². The molecule has 80 valence electrons. The van der Waals surface area contributed by atoms with Crippen LogP contribution in [0.3, 0.4) is 0 Å². The molecule has 14 heavy (non-hydrogen) atoms. The Bertz CT molecular complexity index is 200. The number of carbonyl (C=O) groups is 1. The summed E-state index contributed by atoms with van der Waals surface area (Å²) < 4.78 is 0. The van der Waals surface area contributed by atoms with Crippen LogP contribution >= 0.6 is 0 Å². The fourth-order valence-electron chi connectivity index (χ4n) is 2.10. The smallest absolute Gasteiger partial charge is 0.226 e. The van der Waals surface area contributed by atoms with E-state index in [2.05, 4.69) is 13.5 Å². The van der Waals surface area contributed by atoms with Crippen LogP contribution < -0.4 is 0 Å². The molecule has 1 atom stereocenters. The summed E-state index contributed by atoms with van der Waals surface area (Å²) in [6.07, 6.45) is 9.35. The van der Waals surface area contributed by atoms with Gasteiger partial charge < -0.3 is 4.90 Å². The van der Waals surface area contributed by atoms with E-state index in [1.807, 2.05) is 4.90 Å². The SMILES string of the molecule is C=CN1C(=O)CCCCC1CCCC. The van der Waals surface area contributed by atoms with Crippen LogP contribution in [0.1, 0.15) is 51.9 Å². The lowest BCUT2D eigenvalue weighted by atomic mass is 10.0. The molecule has 1 aliphatic heterocycles. The van der Waals surface area contributed by atoms with Crippen molar-refractivity contribution in [2.75, 3.05) is 0 Å². The van der Waals surface area contributed by atoms with Gasteiger partial charge in [0.05, 0.1) is 0 Å². The van der Waals surface area contributed by atoms with E-state index >= 15 is 0 Å². The van der Waals surface area contributed by atoms with Gasteiger partial charge in [0.2, 0.25) is 5.91 Å². The molecule has 2 heteroatoms. The molecular weight excluding hydrogens is 174 g/mol. The van der Waals surface area contributed by atoms with Gasteiger partial charge in [0, 0.05) is 12.5 Å². The highest BCUT2D eigenvalue weighted by atomic mass is 16.2. The summed E-state index contributed by atoms with van der Waals surface area (Å²) in [5.74, 6) is 0.263. The predicted molar refractivity (Wildman–Crippen MR) is 58.8 cm³/mol. The Hall–Kier alpha value is -0.790. The molecule has 0 aliphatic carbocycles. The minimum absolute atomic E-state index is 0.263. The van der Waals surface area contributed by atoms with Gasteiger partial charge in [0.15, 0.2) is 0 Å². The van der Waals surface area contributed by atoms with Crippen LogP contribution in [-0.2, 0) is 4.79 Å². The van der Waals surface area contributed by atoms with Crippen molar-refractivity contribution in [3.63, 3.8) is 0 Å². The number of unbranched alkanes of at least 4 members (excludes halogenated alkanes) is 1. The van der Waals surface area contributed by atoms with Gasteiger partial charge in [-0.2, -0.15) is 0 Å². The molecule has 1 unspecified atom stereocenters. The largest absolute Gasteiger partial charge is 0.317 e. The summed E-state index contributed by atoms with van der Waals surface area (Å²) in [5.41, 5.74) is 0. The third-order valence-corrected chi connectivity index (χ3v) is 2.95. The number of nitrogens with zero attached hydrogens (tertiary/aromatic N) is 1. The zero-order valence-electron chi connectivity index (χ0n) is 9.17. The summed E-state index contributed by atoms with van der Waals surface area (Å²) in [6, 6.07) is 0.419. The Balaban J connectivity index is 2.57. The molecule has 0 saturated carbocycles. The minimum atomic E-state index is 0.263. The fraction of sp³-hybridized carbons (Fsp3) is 0.750. The highest BCUT2D eigenvalue weighted by Gasteiger charge is 2.23. The first-order valence-corrected chi connectivity index (χ1v) is 5.73. The lowest BCUT2D eigenvalue weighted by Crippen LogP contribution is -2.34. The van der Waals surface area contributed by atoms with Gasteiger partial charge in [-0.3, -0.25) is 4.79 Å². The second-order valence-electron chi connectivity index (χ2n) is 4.03. The van der Waals surface area contributed by atoms with Crippen molar-refractivity contribution in [3.8, 4) is 0 Å². The van der Waals surface area contributed by atoms with Crippen molar-refractivity contribution in [2.45, 2.75) is 57.9 Å². The molecule has 0 N–H and O–H groups in total. The molecule has 1 fully saturated rings. The maximum absolute atomic E-state index is 11.7. The van der Waals surface area contributed by atoms with E-state index in [4.69, 9.17) is 0 Å². The van der Waals surface area contributed by atoms with Crippen molar-refractivity contribution < 1.29 is 4.79 Å². The third kappa shape index (κ3) is 2.86.